The van der Waals surface area contributed by atoms with E-state index in [1.54, 1.807) is 6.92 Å². The summed E-state index contributed by atoms with van der Waals surface area (Å²) in [5.41, 5.74) is -2.81. The molecule has 0 spiro atoms. The number of ether oxygens (including phenoxy) is 2. The molecular weight excluding hydrogens is 537 g/mol. The Hall–Kier alpha value is -3.43. The van der Waals surface area contributed by atoms with E-state index in [0.29, 0.717) is 17.6 Å². The van der Waals surface area contributed by atoms with Crippen molar-refractivity contribution < 1.29 is 41.3 Å². The Labute approximate surface area is 215 Å². The largest absolute Gasteiger partial charge is 0.481 e. The van der Waals surface area contributed by atoms with Crippen molar-refractivity contribution in [3.63, 3.8) is 0 Å². The zero-order valence-corrected chi connectivity index (χ0v) is 20.7. The highest BCUT2D eigenvalue weighted by molar-refractivity contribution is 7.17. The molecule has 9 nitrogen and oxygen atoms in total. The topological polar surface area (TPSA) is 111 Å². The number of nitrogens with zero attached hydrogens (tertiary/aromatic N) is 4. The molecule has 2 aliphatic rings. The van der Waals surface area contributed by atoms with Crippen LogP contribution in [0.5, 0.6) is 5.06 Å². The average molecular weight is 558 g/mol. The number of aliphatic hydroxyl groups is 1. The molecule has 0 unspecified atom stereocenters. The van der Waals surface area contributed by atoms with Crippen molar-refractivity contribution in [3.05, 3.63) is 58.2 Å². The molecule has 0 radical (unpaired) electrons. The third-order valence-electron chi connectivity index (χ3n) is 6.02. The van der Waals surface area contributed by atoms with Gasteiger partial charge in [0.15, 0.2) is 16.5 Å². The lowest BCUT2D eigenvalue weighted by Gasteiger charge is -2.25. The Kier molecular flexibility index (Phi) is 6.47. The molecule has 2 aromatic heterocycles. The fraction of sp³-hybridized carbons (Fsp3) is 0.391. The molecule has 5 rings (SSSR count). The first-order chi connectivity index (χ1) is 17.9. The highest BCUT2D eigenvalue weighted by Gasteiger charge is 2.50. The van der Waals surface area contributed by atoms with Crippen LogP contribution in [0.25, 0.3) is 5.00 Å². The third kappa shape index (κ3) is 4.43. The van der Waals surface area contributed by atoms with Gasteiger partial charge in [-0.1, -0.05) is 17.4 Å². The number of carbonyl (C=O) groups excluding carboxylic acids is 1. The van der Waals surface area contributed by atoms with Crippen molar-refractivity contribution in [2.24, 2.45) is 4.99 Å². The monoisotopic (exact) mass is 557 g/mol. The summed E-state index contributed by atoms with van der Waals surface area (Å²) in [6.07, 6.45) is -4.98. The number of carbonyl (C=O) groups is 1. The van der Waals surface area contributed by atoms with Crippen LogP contribution in [0.4, 0.5) is 22.0 Å². The fourth-order valence-corrected chi connectivity index (χ4v) is 5.09. The van der Waals surface area contributed by atoms with Gasteiger partial charge in [0.25, 0.3) is 5.91 Å². The van der Waals surface area contributed by atoms with Gasteiger partial charge in [0.2, 0.25) is 5.82 Å². The number of fused-ring (bicyclic) bond motifs is 5. The molecule has 1 aromatic carbocycles. The number of aliphatic imine (C=N–C) groups is 1. The molecule has 0 fully saturated rings. The normalized spacial score (nSPS) is 18.6. The second kappa shape index (κ2) is 9.39. The molecule has 2 aliphatic heterocycles. The quantitative estimate of drug-likeness (QED) is 0.476. The van der Waals surface area contributed by atoms with Gasteiger partial charge in [0.05, 0.1) is 31.0 Å². The summed E-state index contributed by atoms with van der Waals surface area (Å²) in [5.74, 6) is -3.13. The van der Waals surface area contributed by atoms with Gasteiger partial charge in [0.1, 0.15) is 29.3 Å². The number of amides is 1. The molecule has 15 heteroatoms. The van der Waals surface area contributed by atoms with Gasteiger partial charge in [-0.2, -0.15) is 13.2 Å². The van der Waals surface area contributed by atoms with E-state index in [0.717, 1.165) is 23.5 Å². The van der Waals surface area contributed by atoms with Crippen LogP contribution >= 0.6 is 11.3 Å². The lowest BCUT2D eigenvalue weighted by atomic mass is 9.99. The van der Waals surface area contributed by atoms with Crippen LogP contribution in [-0.4, -0.2) is 63.0 Å². The molecule has 4 heterocycles. The van der Waals surface area contributed by atoms with Crippen LogP contribution < -0.4 is 10.1 Å². The first kappa shape index (κ1) is 26.2. The van der Waals surface area contributed by atoms with Crippen LogP contribution in [0.2, 0.25) is 0 Å². The van der Waals surface area contributed by atoms with E-state index in [9.17, 15) is 31.9 Å². The molecule has 0 saturated heterocycles. The maximum absolute atomic E-state index is 14.9. The lowest BCUT2D eigenvalue weighted by Crippen LogP contribution is -2.51. The number of alkyl halides is 3. The van der Waals surface area contributed by atoms with Crippen molar-refractivity contribution in [3.8, 4) is 10.1 Å². The summed E-state index contributed by atoms with van der Waals surface area (Å²) in [4.78, 5) is 21.4. The standard InChI is InChI=1S/C23H20F5N5O4S/c1-10-18-31-17(19(34)29-9-22(2,35)23(26,27)28)32-33(18)20-14(11-8-36-6-7-37-21(11)38-20)16(30-10)15-12(24)4-3-5-13(15)25/h3-5,10,35H,6-9H2,1-2H3,(H,29,34)/t10-,22+/m0/s1. The van der Waals surface area contributed by atoms with Gasteiger partial charge in [-0.15, -0.1) is 5.10 Å². The van der Waals surface area contributed by atoms with Crippen LogP contribution in [-0.2, 0) is 11.3 Å². The molecule has 2 N–H and O–H groups in total. The predicted molar refractivity (Wildman–Crippen MR) is 124 cm³/mol. The Morgan fingerprint density at radius 2 is 1.95 bits per heavy atom. The van der Waals surface area contributed by atoms with Crippen LogP contribution in [0.15, 0.2) is 23.2 Å². The van der Waals surface area contributed by atoms with Crippen molar-refractivity contribution >= 4 is 23.0 Å². The van der Waals surface area contributed by atoms with E-state index in [1.165, 1.54) is 10.7 Å². The van der Waals surface area contributed by atoms with E-state index in [1.807, 2.05) is 5.32 Å². The molecule has 2 atom stereocenters. The molecule has 38 heavy (non-hydrogen) atoms. The minimum absolute atomic E-state index is 0.0192. The first-order valence-corrected chi connectivity index (χ1v) is 12.1. The molecular formula is C23H20F5N5O4S. The van der Waals surface area contributed by atoms with Crippen molar-refractivity contribution in [2.45, 2.75) is 38.3 Å². The van der Waals surface area contributed by atoms with Crippen molar-refractivity contribution in [2.75, 3.05) is 19.8 Å². The van der Waals surface area contributed by atoms with Gasteiger partial charge in [0, 0.05) is 11.1 Å². The SMILES string of the molecule is C[C@@H]1N=C(c2c(F)cccc2F)c2c(sc3c2COCCO3)-n2nc(C(=O)NC[C@@](C)(O)C(F)(F)F)nc21. The maximum Gasteiger partial charge on any atom is 0.418 e. The van der Waals surface area contributed by atoms with E-state index in [4.69, 9.17) is 9.47 Å². The highest BCUT2D eigenvalue weighted by atomic mass is 32.1. The van der Waals surface area contributed by atoms with Crippen LogP contribution in [0.1, 0.15) is 53.0 Å². The van der Waals surface area contributed by atoms with Gasteiger partial charge in [-0.25, -0.2) is 18.4 Å². The Bertz CT molecular complexity index is 1430. The zero-order valence-electron chi connectivity index (χ0n) is 19.9. The summed E-state index contributed by atoms with van der Waals surface area (Å²) >= 11 is 1.08. The number of nitrogens with one attached hydrogen (secondary N) is 1. The van der Waals surface area contributed by atoms with E-state index < -0.39 is 47.7 Å². The number of benzene rings is 1. The second-order valence-electron chi connectivity index (χ2n) is 8.86. The maximum atomic E-state index is 14.9. The summed E-state index contributed by atoms with van der Waals surface area (Å²) in [7, 11) is 0. The molecule has 0 saturated carbocycles. The van der Waals surface area contributed by atoms with E-state index >= 15 is 0 Å². The van der Waals surface area contributed by atoms with Crippen molar-refractivity contribution in [1.82, 2.24) is 20.1 Å². The number of aromatic nitrogens is 3. The molecule has 0 bridgehead atoms. The molecule has 0 aliphatic carbocycles. The zero-order chi connectivity index (χ0) is 27.4. The Balaban J connectivity index is 1.62. The first-order valence-electron chi connectivity index (χ1n) is 11.3. The molecule has 1 amide bonds. The second-order valence-corrected chi connectivity index (χ2v) is 9.82. The minimum atomic E-state index is -4.98. The number of hydrogen-bond acceptors (Lipinski definition) is 8. The minimum Gasteiger partial charge on any atom is -0.481 e. The van der Waals surface area contributed by atoms with Gasteiger partial charge in [-0.3, -0.25) is 9.79 Å². The molecule has 3 aromatic rings. The van der Waals surface area contributed by atoms with E-state index in [-0.39, 0.29) is 47.5 Å². The summed E-state index contributed by atoms with van der Waals surface area (Å²) in [6.45, 7) is 1.52. The van der Waals surface area contributed by atoms with Crippen molar-refractivity contribution in [1.29, 1.82) is 0 Å². The number of rotatable bonds is 4. The average Bonchev–Trinajstić information content (AvgIpc) is 3.33. The predicted octanol–water partition coefficient (Wildman–Crippen LogP) is 3.47. The van der Waals surface area contributed by atoms with Gasteiger partial charge >= 0.3 is 6.18 Å². The number of hydrogen-bond donors (Lipinski definition) is 2. The fourth-order valence-electron chi connectivity index (χ4n) is 3.94. The summed E-state index contributed by atoms with van der Waals surface area (Å²) in [5, 5.41) is 16.5. The summed E-state index contributed by atoms with van der Waals surface area (Å²) in [6, 6.07) is 2.55. The highest BCUT2D eigenvalue weighted by Crippen LogP contribution is 2.44. The van der Waals surface area contributed by atoms with Gasteiger partial charge < -0.3 is 19.9 Å². The third-order valence-corrected chi connectivity index (χ3v) is 7.14. The summed E-state index contributed by atoms with van der Waals surface area (Å²) < 4.78 is 81.4. The molecule has 202 valence electrons. The number of halogens is 5. The Morgan fingerprint density at radius 3 is 2.63 bits per heavy atom. The van der Waals surface area contributed by atoms with Crippen LogP contribution in [0, 0.1) is 11.6 Å². The van der Waals surface area contributed by atoms with E-state index in [2.05, 4.69) is 15.1 Å². The Morgan fingerprint density at radius 1 is 1.24 bits per heavy atom. The van der Waals surface area contributed by atoms with Gasteiger partial charge in [-0.05, 0) is 26.0 Å². The van der Waals surface area contributed by atoms with Crippen LogP contribution in [0.3, 0.4) is 0 Å². The lowest BCUT2D eigenvalue weighted by molar-refractivity contribution is -0.249. The smallest absolute Gasteiger partial charge is 0.418 e. The number of thiophene rings is 1.